The van der Waals surface area contributed by atoms with Crippen LogP contribution in [0, 0.1) is 13.8 Å². The summed E-state index contributed by atoms with van der Waals surface area (Å²) >= 11 is 0. The number of rotatable bonds is 6. The quantitative estimate of drug-likeness (QED) is 0.315. The minimum Gasteiger partial charge on any atom is -0.457 e. The third-order valence-electron chi connectivity index (χ3n) is 6.74. The van der Waals surface area contributed by atoms with Crippen molar-refractivity contribution in [3.8, 4) is 17.2 Å². The van der Waals surface area contributed by atoms with Gasteiger partial charge in [0.2, 0.25) is 0 Å². The third-order valence-corrected chi connectivity index (χ3v) is 6.74. The van der Waals surface area contributed by atoms with Crippen molar-refractivity contribution in [1.29, 1.82) is 0 Å². The Kier molecular flexibility index (Phi) is 5.85. The van der Waals surface area contributed by atoms with Crippen LogP contribution in [0.2, 0.25) is 0 Å². The number of hydrogen-bond acceptors (Lipinski definition) is 4. The highest BCUT2D eigenvalue weighted by Crippen LogP contribution is 2.37. The maximum Gasteiger partial charge on any atom is 0.129 e. The molecule has 35 heavy (non-hydrogen) atoms. The first-order valence-electron chi connectivity index (χ1n) is 12.0. The zero-order valence-corrected chi connectivity index (χ0v) is 21.1. The fourth-order valence-electron chi connectivity index (χ4n) is 5.03. The lowest BCUT2D eigenvalue weighted by Crippen LogP contribution is -2.21. The summed E-state index contributed by atoms with van der Waals surface area (Å²) in [6.07, 6.45) is 4.15. The molecule has 0 radical (unpaired) electrons. The molecule has 0 N–H and O–H groups in total. The fraction of sp³-hybridized carbons (Fsp3) is 0.233. The molecule has 0 saturated heterocycles. The zero-order chi connectivity index (χ0) is 24.6. The van der Waals surface area contributed by atoms with E-state index in [1.54, 1.807) is 0 Å². The first kappa shape index (κ1) is 22.8. The van der Waals surface area contributed by atoms with Crippen molar-refractivity contribution in [3.05, 3.63) is 114 Å². The first-order valence-corrected chi connectivity index (χ1v) is 12.0. The maximum absolute atomic E-state index is 6.28. The molecule has 1 aliphatic heterocycles. The standard InChI is InChI=1S/C30H32N4O/c1-22-29(30(3,4)24-11-7-6-8-12-24)23(2)34(31-22)26-14-10-16-28(20-26)35-27-15-9-13-25(19-27)33-18-17-32(5)21-33/h6-20H,21H2,1-5H3. The number of aromatic nitrogens is 2. The molecule has 0 spiro atoms. The van der Waals surface area contributed by atoms with Crippen LogP contribution in [-0.2, 0) is 5.41 Å². The Hall–Kier alpha value is -3.99. The number of ether oxygens (including phenoxy) is 1. The summed E-state index contributed by atoms with van der Waals surface area (Å²) in [5.74, 6) is 1.59. The number of hydrogen-bond donors (Lipinski definition) is 0. The average molecular weight is 465 g/mol. The van der Waals surface area contributed by atoms with Gasteiger partial charge in [0.25, 0.3) is 0 Å². The van der Waals surface area contributed by atoms with Gasteiger partial charge in [-0.3, -0.25) is 0 Å². The Balaban J connectivity index is 1.43. The smallest absolute Gasteiger partial charge is 0.129 e. The van der Waals surface area contributed by atoms with Crippen LogP contribution in [0.3, 0.4) is 0 Å². The summed E-state index contributed by atoms with van der Waals surface area (Å²) in [7, 11) is 2.06. The lowest BCUT2D eigenvalue weighted by atomic mass is 9.77. The predicted octanol–water partition coefficient (Wildman–Crippen LogP) is 6.79. The van der Waals surface area contributed by atoms with Gasteiger partial charge >= 0.3 is 0 Å². The van der Waals surface area contributed by atoms with E-state index in [9.17, 15) is 0 Å². The summed E-state index contributed by atoms with van der Waals surface area (Å²) in [6, 6.07) is 26.9. The van der Waals surface area contributed by atoms with Gasteiger partial charge in [-0.05, 0) is 43.7 Å². The average Bonchev–Trinajstić information content (AvgIpc) is 3.42. The van der Waals surface area contributed by atoms with Gasteiger partial charge in [0, 0.05) is 53.9 Å². The summed E-state index contributed by atoms with van der Waals surface area (Å²) in [5, 5.41) is 4.94. The van der Waals surface area contributed by atoms with E-state index in [2.05, 4.69) is 112 Å². The monoisotopic (exact) mass is 464 g/mol. The van der Waals surface area contributed by atoms with E-state index < -0.39 is 0 Å². The molecule has 178 valence electrons. The molecule has 0 fully saturated rings. The molecule has 0 atom stereocenters. The molecule has 2 heterocycles. The largest absolute Gasteiger partial charge is 0.457 e. The third kappa shape index (κ3) is 4.42. The van der Waals surface area contributed by atoms with Crippen LogP contribution in [0.5, 0.6) is 11.5 Å². The van der Waals surface area contributed by atoms with Crippen LogP contribution >= 0.6 is 0 Å². The van der Waals surface area contributed by atoms with Gasteiger partial charge < -0.3 is 14.5 Å². The van der Waals surface area contributed by atoms with E-state index in [1.807, 2.05) is 28.9 Å². The lowest BCUT2D eigenvalue weighted by molar-refractivity contribution is 0.480. The number of benzene rings is 3. The molecule has 5 nitrogen and oxygen atoms in total. The molecule has 0 saturated carbocycles. The SMILES string of the molecule is Cc1nn(-c2cccc(Oc3cccc(N4C=CN(C)C4)c3)c2)c(C)c1C(C)(C)c1ccccc1. The second-order valence-corrected chi connectivity index (χ2v) is 9.71. The van der Waals surface area contributed by atoms with Crippen LogP contribution in [0.25, 0.3) is 5.69 Å². The van der Waals surface area contributed by atoms with Crippen molar-refractivity contribution in [3.63, 3.8) is 0 Å². The summed E-state index contributed by atoms with van der Waals surface area (Å²) in [4.78, 5) is 4.33. The highest BCUT2D eigenvalue weighted by molar-refractivity contribution is 5.55. The second kappa shape index (κ2) is 8.99. The lowest BCUT2D eigenvalue weighted by Gasteiger charge is -2.26. The second-order valence-electron chi connectivity index (χ2n) is 9.71. The van der Waals surface area contributed by atoms with Gasteiger partial charge in [0.1, 0.15) is 11.5 Å². The molecule has 0 bridgehead atoms. The predicted molar refractivity (Wildman–Crippen MR) is 142 cm³/mol. The Labute approximate surface area is 207 Å². The molecule has 3 aromatic carbocycles. The Morgan fingerprint density at radius 2 is 1.46 bits per heavy atom. The van der Waals surface area contributed by atoms with Crippen LogP contribution < -0.4 is 9.64 Å². The minimum atomic E-state index is -0.152. The van der Waals surface area contributed by atoms with Gasteiger partial charge in [0.15, 0.2) is 0 Å². The van der Waals surface area contributed by atoms with Crippen LogP contribution in [0.1, 0.15) is 36.4 Å². The Bertz CT molecular complexity index is 1370. The molecule has 5 rings (SSSR count). The fourth-order valence-corrected chi connectivity index (χ4v) is 5.03. The van der Waals surface area contributed by atoms with Gasteiger partial charge in [-0.1, -0.05) is 56.3 Å². The molecule has 1 aliphatic rings. The zero-order valence-electron chi connectivity index (χ0n) is 21.1. The van der Waals surface area contributed by atoms with E-state index >= 15 is 0 Å². The van der Waals surface area contributed by atoms with E-state index in [0.29, 0.717) is 0 Å². The van der Waals surface area contributed by atoms with Crippen molar-refractivity contribution in [2.75, 3.05) is 18.6 Å². The van der Waals surface area contributed by atoms with Crippen molar-refractivity contribution in [2.45, 2.75) is 33.1 Å². The van der Waals surface area contributed by atoms with Crippen molar-refractivity contribution >= 4 is 5.69 Å². The highest BCUT2D eigenvalue weighted by Gasteiger charge is 2.30. The van der Waals surface area contributed by atoms with E-state index in [1.165, 1.54) is 11.1 Å². The van der Waals surface area contributed by atoms with E-state index in [4.69, 9.17) is 9.84 Å². The molecular formula is C30H32N4O. The Morgan fingerprint density at radius 1 is 0.800 bits per heavy atom. The molecule has 0 unspecified atom stereocenters. The van der Waals surface area contributed by atoms with Gasteiger partial charge in [-0.2, -0.15) is 5.10 Å². The molecule has 0 amide bonds. The first-order chi connectivity index (χ1) is 16.8. The highest BCUT2D eigenvalue weighted by atomic mass is 16.5. The van der Waals surface area contributed by atoms with E-state index in [0.717, 1.165) is 40.9 Å². The number of nitrogens with zero attached hydrogens (tertiary/aromatic N) is 4. The van der Waals surface area contributed by atoms with Gasteiger partial charge in [0.05, 0.1) is 18.1 Å². The molecular weight excluding hydrogens is 432 g/mol. The van der Waals surface area contributed by atoms with Crippen molar-refractivity contribution in [1.82, 2.24) is 14.7 Å². The van der Waals surface area contributed by atoms with Crippen LogP contribution in [0.4, 0.5) is 5.69 Å². The number of aryl methyl sites for hydroxylation is 1. The van der Waals surface area contributed by atoms with Gasteiger partial charge in [-0.25, -0.2) is 4.68 Å². The molecule has 4 aromatic rings. The summed E-state index contributed by atoms with van der Waals surface area (Å²) in [5.41, 5.74) is 6.65. The van der Waals surface area contributed by atoms with Crippen LogP contribution in [-0.4, -0.2) is 28.4 Å². The molecule has 0 aliphatic carbocycles. The molecule has 1 aromatic heterocycles. The molecule has 5 heteroatoms. The Morgan fingerprint density at radius 3 is 2.11 bits per heavy atom. The van der Waals surface area contributed by atoms with Crippen LogP contribution in [0.15, 0.2) is 91.3 Å². The van der Waals surface area contributed by atoms with Gasteiger partial charge in [-0.15, -0.1) is 0 Å². The minimum absolute atomic E-state index is 0.152. The normalized spacial score (nSPS) is 13.5. The summed E-state index contributed by atoms with van der Waals surface area (Å²) < 4.78 is 8.31. The topological polar surface area (TPSA) is 33.5 Å². The van der Waals surface area contributed by atoms with Crippen molar-refractivity contribution < 1.29 is 4.74 Å². The van der Waals surface area contributed by atoms with Crippen molar-refractivity contribution in [2.24, 2.45) is 0 Å². The number of anilines is 1. The van der Waals surface area contributed by atoms with E-state index in [-0.39, 0.29) is 5.41 Å². The summed E-state index contributed by atoms with van der Waals surface area (Å²) in [6.45, 7) is 9.61. The maximum atomic E-state index is 6.28.